The lowest BCUT2D eigenvalue weighted by molar-refractivity contribution is -0.132. The van der Waals surface area contributed by atoms with Crippen molar-refractivity contribution in [1.29, 1.82) is 0 Å². The van der Waals surface area contributed by atoms with Gasteiger partial charge in [0.2, 0.25) is 0 Å². The van der Waals surface area contributed by atoms with E-state index in [4.69, 9.17) is 10.5 Å². The van der Waals surface area contributed by atoms with Crippen LogP contribution in [0.2, 0.25) is 0 Å². The number of rotatable bonds is 4. The summed E-state index contributed by atoms with van der Waals surface area (Å²) in [5.41, 5.74) is 7.36. The van der Waals surface area contributed by atoms with Crippen LogP contribution in [0.3, 0.4) is 0 Å². The van der Waals surface area contributed by atoms with Gasteiger partial charge in [-0.3, -0.25) is 9.89 Å². The van der Waals surface area contributed by atoms with E-state index in [1.165, 1.54) is 0 Å². The van der Waals surface area contributed by atoms with E-state index in [1.54, 1.807) is 0 Å². The van der Waals surface area contributed by atoms with Crippen molar-refractivity contribution in [3.8, 4) is 0 Å². The molecule has 0 spiro atoms. The highest BCUT2D eigenvalue weighted by Crippen LogP contribution is 2.13. The molecule has 0 aliphatic carbocycles. The Morgan fingerprint density at radius 3 is 2.92 bits per heavy atom. The van der Waals surface area contributed by atoms with Gasteiger partial charge in [0.15, 0.2) is 0 Å². The Labute approximate surface area is 76.3 Å². The van der Waals surface area contributed by atoms with Crippen LogP contribution in [0.1, 0.15) is 18.2 Å². The molecule has 1 atom stereocenters. The second-order valence-electron chi connectivity index (χ2n) is 2.96. The minimum atomic E-state index is -0.156. The highest BCUT2D eigenvalue weighted by molar-refractivity contribution is 5.41. The van der Waals surface area contributed by atoms with E-state index in [0.29, 0.717) is 18.7 Å². The van der Waals surface area contributed by atoms with Crippen molar-refractivity contribution in [3.05, 3.63) is 11.3 Å². The van der Waals surface area contributed by atoms with E-state index in [1.807, 2.05) is 13.8 Å². The van der Waals surface area contributed by atoms with Crippen LogP contribution in [-0.2, 0) is 16.0 Å². The fraction of sp³-hybridized carbons (Fsp3) is 0.500. The predicted molar refractivity (Wildman–Crippen MR) is 48.1 cm³/mol. The van der Waals surface area contributed by atoms with Crippen LogP contribution in [0.25, 0.3) is 0 Å². The normalized spacial score (nSPS) is 12.5. The van der Waals surface area contributed by atoms with Gasteiger partial charge in [0.25, 0.3) is 6.47 Å². The highest BCUT2D eigenvalue weighted by Gasteiger charge is 2.10. The molecule has 5 nitrogen and oxygen atoms in total. The van der Waals surface area contributed by atoms with Crippen LogP contribution in [0.5, 0.6) is 0 Å². The zero-order valence-electron chi connectivity index (χ0n) is 7.70. The summed E-state index contributed by atoms with van der Waals surface area (Å²) in [7, 11) is 0. The monoisotopic (exact) mass is 183 g/mol. The third kappa shape index (κ3) is 2.21. The van der Waals surface area contributed by atoms with Gasteiger partial charge in [-0.1, -0.05) is 0 Å². The number of nitrogens with two attached hydrogens (primary N) is 1. The zero-order valence-corrected chi connectivity index (χ0v) is 7.70. The molecule has 1 rings (SSSR count). The fourth-order valence-electron chi connectivity index (χ4n) is 1.08. The van der Waals surface area contributed by atoms with Gasteiger partial charge in [-0.05, 0) is 13.8 Å². The summed E-state index contributed by atoms with van der Waals surface area (Å²) < 4.78 is 4.74. The van der Waals surface area contributed by atoms with E-state index in [0.717, 1.165) is 11.3 Å². The third-order valence-electron chi connectivity index (χ3n) is 1.93. The van der Waals surface area contributed by atoms with Gasteiger partial charge >= 0.3 is 0 Å². The first-order chi connectivity index (χ1) is 6.15. The number of hydrogen-bond acceptors (Lipinski definition) is 4. The quantitative estimate of drug-likeness (QED) is 0.662. The summed E-state index contributed by atoms with van der Waals surface area (Å²) in [6.45, 7) is 4.13. The predicted octanol–water partition coefficient (Wildman–Crippen LogP) is 0.404. The van der Waals surface area contributed by atoms with Crippen LogP contribution < -0.4 is 5.73 Å². The van der Waals surface area contributed by atoms with Crippen LogP contribution in [0.15, 0.2) is 0 Å². The topological polar surface area (TPSA) is 81.0 Å². The van der Waals surface area contributed by atoms with Gasteiger partial charge in [0, 0.05) is 17.7 Å². The molecule has 0 aliphatic rings. The number of H-pyrrole nitrogens is 1. The molecule has 1 aromatic heterocycles. The SMILES string of the molecule is Cc1c(N)n[nH]c1CC(C)OC=O. The Balaban J connectivity index is 2.63. The summed E-state index contributed by atoms with van der Waals surface area (Å²) >= 11 is 0. The van der Waals surface area contributed by atoms with Gasteiger partial charge < -0.3 is 10.5 Å². The van der Waals surface area contributed by atoms with Crippen molar-refractivity contribution >= 4 is 12.3 Å². The maximum Gasteiger partial charge on any atom is 0.293 e. The first-order valence-electron chi connectivity index (χ1n) is 4.03. The van der Waals surface area contributed by atoms with Crippen molar-refractivity contribution in [2.45, 2.75) is 26.4 Å². The Bertz CT molecular complexity index is 296. The minimum absolute atomic E-state index is 0.156. The number of carbonyl (C=O) groups is 1. The average molecular weight is 183 g/mol. The fourth-order valence-corrected chi connectivity index (χ4v) is 1.08. The first-order valence-corrected chi connectivity index (χ1v) is 4.03. The van der Waals surface area contributed by atoms with E-state index in [2.05, 4.69) is 10.2 Å². The maximum atomic E-state index is 10.0. The summed E-state index contributed by atoms with van der Waals surface area (Å²) in [5, 5.41) is 6.63. The molecule has 0 saturated heterocycles. The second-order valence-corrected chi connectivity index (χ2v) is 2.96. The molecule has 0 radical (unpaired) electrons. The molecular formula is C8H13N3O2. The molecule has 0 aliphatic heterocycles. The Hall–Kier alpha value is -1.52. The lowest BCUT2D eigenvalue weighted by Gasteiger charge is -2.07. The molecule has 72 valence electrons. The van der Waals surface area contributed by atoms with Crippen molar-refractivity contribution < 1.29 is 9.53 Å². The largest absolute Gasteiger partial charge is 0.464 e. The van der Waals surface area contributed by atoms with E-state index in [9.17, 15) is 4.79 Å². The van der Waals surface area contributed by atoms with Crippen molar-refractivity contribution in [2.75, 3.05) is 5.73 Å². The molecule has 3 N–H and O–H groups in total. The standard InChI is InChI=1S/C8H13N3O2/c1-5(13-4-12)3-7-6(2)8(9)11-10-7/h4-5H,3H2,1-2H3,(H3,9,10,11). The third-order valence-corrected chi connectivity index (χ3v) is 1.93. The van der Waals surface area contributed by atoms with Gasteiger partial charge in [-0.25, -0.2) is 0 Å². The lowest BCUT2D eigenvalue weighted by Crippen LogP contribution is -2.11. The molecule has 5 heteroatoms. The number of hydrogen-bond donors (Lipinski definition) is 2. The number of nitrogens with one attached hydrogen (secondary N) is 1. The molecule has 1 aromatic rings. The van der Waals surface area contributed by atoms with Crippen LogP contribution in [0, 0.1) is 6.92 Å². The number of nitrogens with zero attached hydrogens (tertiary/aromatic N) is 1. The minimum Gasteiger partial charge on any atom is -0.464 e. The molecule has 13 heavy (non-hydrogen) atoms. The number of ether oxygens (including phenoxy) is 1. The van der Waals surface area contributed by atoms with Crippen molar-refractivity contribution in [1.82, 2.24) is 10.2 Å². The highest BCUT2D eigenvalue weighted by atomic mass is 16.5. The Kier molecular flexibility index (Phi) is 2.89. The molecule has 0 saturated carbocycles. The van der Waals surface area contributed by atoms with Crippen LogP contribution in [0.4, 0.5) is 5.82 Å². The molecular weight excluding hydrogens is 170 g/mol. The van der Waals surface area contributed by atoms with E-state index >= 15 is 0 Å². The average Bonchev–Trinajstić information content (AvgIpc) is 2.37. The number of aromatic amines is 1. The summed E-state index contributed by atoms with van der Waals surface area (Å²) in [5.74, 6) is 0.494. The summed E-state index contributed by atoms with van der Waals surface area (Å²) in [4.78, 5) is 10.0. The number of anilines is 1. The van der Waals surface area contributed by atoms with Crippen LogP contribution >= 0.6 is 0 Å². The summed E-state index contributed by atoms with van der Waals surface area (Å²) in [6.07, 6.45) is 0.449. The lowest BCUT2D eigenvalue weighted by atomic mass is 10.1. The number of nitrogen functional groups attached to an aromatic ring is 1. The molecule has 0 bridgehead atoms. The molecule has 0 aromatic carbocycles. The first kappa shape index (κ1) is 9.57. The molecule has 0 amide bonds. The van der Waals surface area contributed by atoms with E-state index < -0.39 is 0 Å². The number of carbonyl (C=O) groups excluding carboxylic acids is 1. The smallest absolute Gasteiger partial charge is 0.293 e. The maximum absolute atomic E-state index is 10.0. The Morgan fingerprint density at radius 2 is 2.46 bits per heavy atom. The van der Waals surface area contributed by atoms with Gasteiger partial charge in [-0.2, -0.15) is 5.10 Å². The zero-order chi connectivity index (χ0) is 9.84. The Morgan fingerprint density at radius 1 is 1.77 bits per heavy atom. The van der Waals surface area contributed by atoms with Gasteiger partial charge in [0.1, 0.15) is 11.9 Å². The van der Waals surface area contributed by atoms with Gasteiger partial charge in [-0.15, -0.1) is 0 Å². The molecule has 0 fully saturated rings. The second kappa shape index (κ2) is 3.93. The van der Waals surface area contributed by atoms with E-state index in [-0.39, 0.29) is 6.10 Å². The van der Waals surface area contributed by atoms with Crippen LogP contribution in [-0.4, -0.2) is 22.8 Å². The summed E-state index contributed by atoms with van der Waals surface area (Å²) in [6, 6.07) is 0. The number of aromatic nitrogens is 2. The van der Waals surface area contributed by atoms with Crippen molar-refractivity contribution in [2.24, 2.45) is 0 Å². The van der Waals surface area contributed by atoms with Gasteiger partial charge in [0.05, 0.1) is 0 Å². The molecule has 1 heterocycles. The van der Waals surface area contributed by atoms with Crippen molar-refractivity contribution in [3.63, 3.8) is 0 Å². The molecule has 1 unspecified atom stereocenters.